The fourth-order valence-corrected chi connectivity index (χ4v) is 2.26. The van der Waals surface area contributed by atoms with E-state index in [9.17, 15) is 4.79 Å². The number of Topliss-reactive ketones (excluding diaryl/α,β-unsaturated/α-hetero) is 1. The van der Waals surface area contributed by atoms with Crippen molar-refractivity contribution >= 4 is 29.0 Å². The molecule has 0 aromatic heterocycles. The topological polar surface area (TPSA) is 17.1 Å². The molecular weight excluding hydrogens is 243 g/mol. The van der Waals surface area contributed by atoms with E-state index in [1.165, 1.54) is 0 Å². The van der Waals surface area contributed by atoms with E-state index >= 15 is 0 Å². The second-order valence-corrected chi connectivity index (χ2v) is 5.24. The summed E-state index contributed by atoms with van der Waals surface area (Å²) in [6, 6.07) is 5.42. The van der Waals surface area contributed by atoms with Crippen molar-refractivity contribution < 1.29 is 4.79 Å². The minimum absolute atomic E-state index is 0.0266. The lowest BCUT2D eigenvalue weighted by Crippen LogP contribution is -2.20. The fraction of sp³-hybridized carbons (Fsp3) is 0.462. The van der Waals surface area contributed by atoms with Crippen molar-refractivity contribution in [2.24, 2.45) is 11.8 Å². The Morgan fingerprint density at radius 1 is 1.31 bits per heavy atom. The molecule has 0 fully saturated rings. The summed E-state index contributed by atoms with van der Waals surface area (Å²) in [5.74, 6) is 0.559. The van der Waals surface area contributed by atoms with Gasteiger partial charge in [0.2, 0.25) is 0 Å². The molecule has 0 saturated carbocycles. The molecule has 0 radical (unpaired) electrons. The molecule has 1 unspecified atom stereocenters. The Morgan fingerprint density at radius 2 is 1.94 bits per heavy atom. The van der Waals surface area contributed by atoms with Gasteiger partial charge in [0.15, 0.2) is 0 Å². The highest BCUT2D eigenvalue weighted by molar-refractivity contribution is 6.35. The van der Waals surface area contributed by atoms with Crippen LogP contribution in [0.15, 0.2) is 18.2 Å². The first-order valence-corrected chi connectivity index (χ1v) is 6.11. The Hall–Kier alpha value is -0.530. The monoisotopic (exact) mass is 258 g/mol. The zero-order valence-corrected chi connectivity index (χ0v) is 11.3. The van der Waals surface area contributed by atoms with Crippen molar-refractivity contribution in [3.63, 3.8) is 0 Å². The SMILES string of the molecule is CC(=O)C(Cc1ccc(Cl)cc1Cl)C(C)C. The first-order chi connectivity index (χ1) is 7.41. The first-order valence-electron chi connectivity index (χ1n) is 5.36. The van der Waals surface area contributed by atoms with Crippen LogP contribution in [0.2, 0.25) is 10.0 Å². The molecule has 0 bridgehead atoms. The summed E-state index contributed by atoms with van der Waals surface area (Å²) in [5, 5.41) is 1.26. The molecule has 0 saturated heterocycles. The molecule has 1 nitrogen and oxygen atoms in total. The largest absolute Gasteiger partial charge is 0.300 e. The Kier molecular flexibility index (Phi) is 4.82. The van der Waals surface area contributed by atoms with E-state index < -0.39 is 0 Å². The van der Waals surface area contributed by atoms with Gasteiger partial charge in [-0.2, -0.15) is 0 Å². The van der Waals surface area contributed by atoms with Gasteiger partial charge in [0.05, 0.1) is 0 Å². The van der Waals surface area contributed by atoms with Gasteiger partial charge in [-0.25, -0.2) is 0 Å². The number of carbonyl (C=O) groups excluding carboxylic acids is 1. The molecule has 0 spiro atoms. The highest BCUT2D eigenvalue weighted by Gasteiger charge is 2.19. The highest BCUT2D eigenvalue weighted by atomic mass is 35.5. The minimum Gasteiger partial charge on any atom is -0.300 e. The summed E-state index contributed by atoms with van der Waals surface area (Å²) in [6.45, 7) is 5.74. The van der Waals surface area contributed by atoms with Crippen molar-refractivity contribution in [3.05, 3.63) is 33.8 Å². The maximum atomic E-state index is 11.5. The normalized spacial score (nSPS) is 12.9. The minimum atomic E-state index is 0.0266. The Balaban J connectivity index is 2.90. The molecule has 0 aliphatic rings. The molecule has 16 heavy (non-hydrogen) atoms. The van der Waals surface area contributed by atoms with Crippen LogP contribution in [0.3, 0.4) is 0 Å². The lowest BCUT2D eigenvalue weighted by molar-refractivity contribution is -0.121. The number of halogens is 2. The van der Waals surface area contributed by atoms with Gasteiger partial charge in [0.25, 0.3) is 0 Å². The van der Waals surface area contributed by atoms with E-state index in [1.54, 1.807) is 19.1 Å². The number of hydrogen-bond acceptors (Lipinski definition) is 1. The predicted octanol–water partition coefficient (Wildman–Crippen LogP) is 4.40. The maximum Gasteiger partial charge on any atom is 0.133 e. The Labute approximate surface area is 107 Å². The van der Waals surface area contributed by atoms with Gasteiger partial charge in [-0.05, 0) is 37.0 Å². The van der Waals surface area contributed by atoms with Crippen LogP contribution in [0, 0.1) is 11.8 Å². The van der Waals surface area contributed by atoms with E-state index in [0.29, 0.717) is 22.4 Å². The molecule has 1 rings (SSSR count). The molecular formula is C13H16Cl2O. The van der Waals surface area contributed by atoms with Crippen LogP contribution >= 0.6 is 23.2 Å². The summed E-state index contributed by atoms with van der Waals surface area (Å²) in [4.78, 5) is 11.5. The molecule has 1 aromatic rings. The van der Waals surface area contributed by atoms with Crippen molar-refractivity contribution in [3.8, 4) is 0 Å². The van der Waals surface area contributed by atoms with Gasteiger partial charge >= 0.3 is 0 Å². The van der Waals surface area contributed by atoms with Crippen molar-refractivity contribution in [1.82, 2.24) is 0 Å². The van der Waals surface area contributed by atoms with Crippen molar-refractivity contribution in [2.45, 2.75) is 27.2 Å². The van der Waals surface area contributed by atoms with E-state index in [0.717, 1.165) is 5.56 Å². The number of rotatable bonds is 4. The van der Waals surface area contributed by atoms with Gasteiger partial charge in [-0.1, -0.05) is 43.1 Å². The van der Waals surface area contributed by atoms with Crippen LogP contribution in [0.4, 0.5) is 0 Å². The van der Waals surface area contributed by atoms with Gasteiger partial charge in [0.1, 0.15) is 5.78 Å². The van der Waals surface area contributed by atoms with Gasteiger partial charge in [-0.3, -0.25) is 4.79 Å². The molecule has 0 aliphatic carbocycles. The molecule has 1 atom stereocenters. The van der Waals surface area contributed by atoms with E-state index in [2.05, 4.69) is 13.8 Å². The molecule has 0 aliphatic heterocycles. The standard InChI is InChI=1S/C13H16Cl2O/c1-8(2)12(9(3)16)6-10-4-5-11(14)7-13(10)15/h4-5,7-8,12H,6H2,1-3H3. The third-order valence-electron chi connectivity index (χ3n) is 2.78. The lowest BCUT2D eigenvalue weighted by Gasteiger charge is -2.18. The van der Waals surface area contributed by atoms with E-state index in [-0.39, 0.29) is 11.7 Å². The van der Waals surface area contributed by atoms with Crippen molar-refractivity contribution in [2.75, 3.05) is 0 Å². The molecule has 0 N–H and O–H groups in total. The first kappa shape index (κ1) is 13.5. The Morgan fingerprint density at radius 3 is 2.38 bits per heavy atom. The molecule has 1 aromatic carbocycles. The number of hydrogen-bond donors (Lipinski definition) is 0. The summed E-state index contributed by atoms with van der Waals surface area (Å²) < 4.78 is 0. The summed E-state index contributed by atoms with van der Waals surface area (Å²) >= 11 is 11.9. The zero-order valence-electron chi connectivity index (χ0n) is 9.76. The summed E-state index contributed by atoms with van der Waals surface area (Å²) in [7, 11) is 0. The lowest BCUT2D eigenvalue weighted by atomic mass is 9.86. The second kappa shape index (κ2) is 5.70. The number of ketones is 1. The van der Waals surface area contributed by atoms with Gasteiger partial charge in [-0.15, -0.1) is 0 Å². The molecule has 0 heterocycles. The maximum absolute atomic E-state index is 11.5. The quantitative estimate of drug-likeness (QED) is 0.783. The Bertz CT molecular complexity index is 386. The zero-order chi connectivity index (χ0) is 12.3. The second-order valence-electron chi connectivity index (χ2n) is 4.40. The average Bonchev–Trinajstić information content (AvgIpc) is 2.15. The highest BCUT2D eigenvalue weighted by Crippen LogP contribution is 2.26. The van der Waals surface area contributed by atoms with Gasteiger partial charge in [0, 0.05) is 16.0 Å². The van der Waals surface area contributed by atoms with Crippen LogP contribution in [0.1, 0.15) is 26.3 Å². The van der Waals surface area contributed by atoms with Crippen LogP contribution in [0.5, 0.6) is 0 Å². The van der Waals surface area contributed by atoms with Crippen LogP contribution in [-0.2, 0) is 11.2 Å². The van der Waals surface area contributed by atoms with E-state index in [4.69, 9.17) is 23.2 Å². The molecule has 88 valence electrons. The summed E-state index contributed by atoms with van der Waals surface area (Å²) in [6.07, 6.45) is 0.684. The third kappa shape index (κ3) is 3.50. The van der Waals surface area contributed by atoms with Crippen molar-refractivity contribution in [1.29, 1.82) is 0 Å². The molecule has 3 heteroatoms. The van der Waals surface area contributed by atoms with Crippen LogP contribution in [0.25, 0.3) is 0 Å². The number of benzene rings is 1. The van der Waals surface area contributed by atoms with Crippen LogP contribution in [-0.4, -0.2) is 5.78 Å². The summed E-state index contributed by atoms with van der Waals surface area (Å²) in [5.41, 5.74) is 0.986. The van der Waals surface area contributed by atoms with Gasteiger partial charge < -0.3 is 0 Å². The number of carbonyl (C=O) groups is 1. The smallest absolute Gasteiger partial charge is 0.133 e. The van der Waals surface area contributed by atoms with Crippen LogP contribution < -0.4 is 0 Å². The predicted molar refractivity (Wildman–Crippen MR) is 69.2 cm³/mol. The van der Waals surface area contributed by atoms with E-state index in [1.807, 2.05) is 6.07 Å². The third-order valence-corrected chi connectivity index (χ3v) is 3.37. The average molecular weight is 259 g/mol. The molecule has 0 amide bonds. The fourth-order valence-electron chi connectivity index (χ4n) is 1.77.